The molecule has 0 fully saturated rings. The fraction of sp³-hybridized carbons (Fsp3) is 0.375. The van der Waals surface area contributed by atoms with Gasteiger partial charge in [-0.3, -0.25) is 4.79 Å². The number of carboxylic acids is 1. The Hall–Kier alpha value is -2.14. The molecule has 0 aliphatic carbocycles. The number of hydrogen-bond donors (Lipinski definition) is 1. The van der Waals surface area contributed by atoms with Crippen LogP contribution in [0.25, 0.3) is 6.08 Å². The van der Waals surface area contributed by atoms with E-state index in [1.54, 1.807) is 11.9 Å². The summed E-state index contributed by atoms with van der Waals surface area (Å²) in [6.45, 7) is 4.34. The van der Waals surface area contributed by atoms with Gasteiger partial charge >= 0.3 is 5.97 Å². The number of amides is 1. The highest BCUT2D eigenvalue weighted by Crippen LogP contribution is 2.08. The van der Waals surface area contributed by atoms with E-state index in [1.807, 2.05) is 38.1 Å². The molecular weight excluding hydrogens is 270 g/mol. The third-order valence-electron chi connectivity index (χ3n) is 2.78. The number of hydrogen-bond acceptors (Lipinski definition) is 3. The predicted octanol–water partition coefficient (Wildman–Crippen LogP) is 2.17. The Kier molecular flexibility index (Phi) is 6.62. The smallest absolute Gasteiger partial charge is 0.328 e. The van der Waals surface area contributed by atoms with Crippen LogP contribution in [-0.2, 0) is 20.9 Å². The lowest BCUT2D eigenvalue weighted by atomic mass is 10.1. The van der Waals surface area contributed by atoms with E-state index in [9.17, 15) is 9.59 Å². The van der Waals surface area contributed by atoms with Crippen molar-refractivity contribution in [2.24, 2.45) is 0 Å². The van der Waals surface area contributed by atoms with Gasteiger partial charge in [-0.15, -0.1) is 0 Å². The van der Waals surface area contributed by atoms with Crippen molar-refractivity contribution in [2.45, 2.75) is 26.5 Å². The number of carbonyl (C=O) groups excluding carboxylic acids is 1. The minimum absolute atomic E-state index is 0.0302. The van der Waals surface area contributed by atoms with Crippen molar-refractivity contribution in [2.75, 3.05) is 13.7 Å². The van der Waals surface area contributed by atoms with Crippen molar-refractivity contribution >= 4 is 18.0 Å². The molecule has 114 valence electrons. The van der Waals surface area contributed by atoms with Gasteiger partial charge in [0.15, 0.2) is 0 Å². The molecule has 1 rings (SSSR count). The molecule has 1 amide bonds. The maximum Gasteiger partial charge on any atom is 0.328 e. The van der Waals surface area contributed by atoms with Crippen LogP contribution in [0.15, 0.2) is 30.3 Å². The summed E-state index contributed by atoms with van der Waals surface area (Å²) >= 11 is 0. The number of carbonyl (C=O) groups is 2. The minimum atomic E-state index is -0.977. The highest BCUT2D eigenvalue weighted by molar-refractivity contribution is 5.85. The van der Waals surface area contributed by atoms with E-state index in [-0.39, 0.29) is 18.6 Å². The molecule has 0 heterocycles. The summed E-state index contributed by atoms with van der Waals surface area (Å²) in [5.74, 6) is -1.05. The van der Waals surface area contributed by atoms with Crippen LogP contribution < -0.4 is 0 Å². The number of rotatable bonds is 7. The molecule has 0 saturated heterocycles. The fourth-order valence-corrected chi connectivity index (χ4v) is 1.61. The van der Waals surface area contributed by atoms with E-state index >= 15 is 0 Å². The second-order valence-corrected chi connectivity index (χ2v) is 5.02. The largest absolute Gasteiger partial charge is 0.478 e. The number of benzene rings is 1. The maximum absolute atomic E-state index is 11.8. The molecule has 21 heavy (non-hydrogen) atoms. The zero-order valence-electron chi connectivity index (χ0n) is 12.6. The summed E-state index contributed by atoms with van der Waals surface area (Å²) in [5, 5.41) is 8.56. The number of aliphatic carboxylic acids is 1. The number of likely N-dealkylation sites (N-methyl/N-ethyl adjacent to an activating group) is 1. The summed E-state index contributed by atoms with van der Waals surface area (Å²) in [7, 11) is 1.73. The Bertz CT molecular complexity index is 506. The SMILES string of the molecule is CC(C)OCC(=O)N(C)Cc1ccc(/C=C/C(=O)O)cc1. The average molecular weight is 291 g/mol. The standard InChI is InChI=1S/C16H21NO4/c1-12(2)21-11-15(18)17(3)10-14-6-4-13(5-7-14)8-9-16(19)20/h4-9,12H,10-11H2,1-3H3,(H,19,20)/b9-8+. The Morgan fingerprint density at radius 1 is 1.29 bits per heavy atom. The van der Waals surface area contributed by atoms with Crippen LogP contribution in [-0.4, -0.2) is 41.6 Å². The van der Waals surface area contributed by atoms with E-state index in [1.165, 1.54) is 6.08 Å². The third kappa shape index (κ3) is 6.72. The second-order valence-electron chi connectivity index (χ2n) is 5.02. The molecule has 1 N–H and O–H groups in total. The van der Waals surface area contributed by atoms with Crippen molar-refractivity contribution in [3.63, 3.8) is 0 Å². The molecule has 5 nitrogen and oxygen atoms in total. The molecule has 5 heteroatoms. The first-order chi connectivity index (χ1) is 9.88. The van der Waals surface area contributed by atoms with Crippen molar-refractivity contribution < 1.29 is 19.4 Å². The van der Waals surface area contributed by atoms with Crippen LogP contribution in [0, 0.1) is 0 Å². The first-order valence-corrected chi connectivity index (χ1v) is 6.74. The lowest BCUT2D eigenvalue weighted by molar-refractivity contribution is -0.136. The first-order valence-electron chi connectivity index (χ1n) is 6.74. The Labute approximate surface area is 124 Å². The zero-order chi connectivity index (χ0) is 15.8. The van der Waals surface area contributed by atoms with Crippen molar-refractivity contribution in [1.82, 2.24) is 4.90 Å². The van der Waals surface area contributed by atoms with Crippen LogP contribution in [0.3, 0.4) is 0 Å². The van der Waals surface area contributed by atoms with Crippen LogP contribution in [0.4, 0.5) is 0 Å². The van der Waals surface area contributed by atoms with E-state index in [2.05, 4.69) is 0 Å². The molecule has 0 aliphatic rings. The quantitative estimate of drug-likeness (QED) is 0.782. The number of carboxylic acid groups (broad SMARTS) is 1. The molecule has 0 spiro atoms. The lowest BCUT2D eigenvalue weighted by Crippen LogP contribution is -2.30. The molecule has 1 aromatic carbocycles. The zero-order valence-corrected chi connectivity index (χ0v) is 12.6. The van der Waals surface area contributed by atoms with Crippen molar-refractivity contribution in [3.05, 3.63) is 41.5 Å². The molecular formula is C16H21NO4. The molecule has 0 saturated carbocycles. The van der Waals surface area contributed by atoms with Gasteiger partial charge in [0.2, 0.25) is 5.91 Å². The van der Waals surface area contributed by atoms with Gasteiger partial charge in [-0.1, -0.05) is 24.3 Å². The van der Waals surface area contributed by atoms with Gasteiger partial charge in [-0.05, 0) is 31.1 Å². The Balaban J connectivity index is 2.55. The molecule has 0 bridgehead atoms. The number of ether oxygens (including phenoxy) is 1. The highest BCUT2D eigenvalue weighted by Gasteiger charge is 2.10. The molecule has 1 aromatic rings. The normalized spacial score (nSPS) is 11.0. The van der Waals surface area contributed by atoms with Crippen molar-refractivity contribution in [3.8, 4) is 0 Å². The Morgan fingerprint density at radius 3 is 2.43 bits per heavy atom. The molecule has 0 aliphatic heterocycles. The predicted molar refractivity (Wildman–Crippen MR) is 80.7 cm³/mol. The van der Waals surface area contributed by atoms with E-state index < -0.39 is 5.97 Å². The molecule has 0 aromatic heterocycles. The van der Waals surface area contributed by atoms with Gasteiger partial charge in [0.05, 0.1) is 6.10 Å². The fourth-order valence-electron chi connectivity index (χ4n) is 1.61. The van der Waals surface area contributed by atoms with Gasteiger partial charge in [-0.2, -0.15) is 0 Å². The van der Waals surface area contributed by atoms with Crippen LogP contribution in [0.5, 0.6) is 0 Å². The Morgan fingerprint density at radius 2 is 1.90 bits per heavy atom. The van der Waals surface area contributed by atoms with E-state index in [0.29, 0.717) is 6.54 Å². The summed E-state index contributed by atoms with van der Waals surface area (Å²) in [6, 6.07) is 7.37. The van der Waals surface area contributed by atoms with Gasteiger partial charge < -0.3 is 14.7 Å². The maximum atomic E-state index is 11.8. The average Bonchev–Trinajstić information content (AvgIpc) is 2.43. The molecule has 0 radical (unpaired) electrons. The van der Waals surface area contributed by atoms with Gasteiger partial charge in [0.1, 0.15) is 6.61 Å². The summed E-state index contributed by atoms with van der Waals surface area (Å²) in [6.07, 6.45) is 2.65. The van der Waals surface area contributed by atoms with Gasteiger partial charge in [-0.25, -0.2) is 4.79 Å². The highest BCUT2D eigenvalue weighted by atomic mass is 16.5. The second kappa shape index (κ2) is 8.21. The summed E-state index contributed by atoms with van der Waals surface area (Å²) in [5.41, 5.74) is 1.78. The monoisotopic (exact) mass is 291 g/mol. The van der Waals surface area contributed by atoms with Crippen LogP contribution >= 0.6 is 0 Å². The van der Waals surface area contributed by atoms with Crippen LogP contribution in [0.2, 0.25) is 0 Å². The van der Waals surface area contributed by atoms with Gasteiger partial charge in [0, 0.05) is 19.7 Å². The van der Waals surface area contributed by atoms with Crippen LogP contribution in [0.1, 0.15) is 25.0 Å². The number of nitrogens with zero attached hydrogens (tertiary/aromatic N) is 1. The molecule has 0 atom stereocenters. The third-order valence-corrected chi connectivity index (χ3v) is 2.78. The molecule has 0 unspecified atom stereocenters. The topological polar surface area (TPSA) is 66.8 Å². The lowest BCUT2D eigenvalue weighted by Gasteiger charge is -2.18. The first kappa shape index (κ1) is 16.9. The van der Waals surface area contributed by atoms with Gasteiger partial charge in [0.25, 0.3) is 0 Å². The minimum Gasteiger partial charge on any atom is -0.478 e. The van der Waals surface area contributed by atoms with E-state index in [4.69, 9.17) is 9.84 Å². The summed E-state index contributed by atoms with van der Waals surface area (Å²) < 4.78 is 5.28. The van der Waals surface area contributed by atoms with E-state index in [0.717, 1.165) is 17.2 Å². The van der Waals surface area contributed by atoms with Crippen molar-refractivity contribution in [1.29, 1.82) is 0 Å². The summed E-state index contributed by atoms with van der Waals surface area (Å²) in [4.78, 5) is 23.8.